The van der Waals surface area contributed by atoms with E-state index >= 15 is 0 Å². The summed E-state index contributed by atoms with van der Waals surface area (Å²) in [5.74, 6) is 0.131. The van der Waals surface area contributed by atoms with Gasteiger partial charge in [-0.25, -0.2) is 4.98 Å². The zero-order valence-electron chi connectivity index (χ0n) is 14.7. The predicted molar refractivity (Wildman–Crippen MR) is 101 cm³/mol. The van der Waals surface area contributed by atoms with E-state index in [1.54, 1.807) is 48.7 Å². The largest absolute Gasteiger partial charge is 0.488 e. The molecule has 3 N–H and O–H groups in total. The standard InChI is InChI=1S/C18H21N3O4S/c1-12(2)25-17-13-8-4-5-9-14(13)26(23,24)21(3)16(17)18(22)20-15-10-6-7-11-19-15/h4-12,23-24H,1-3H3,(H,19,20,22). The van der Waals surface area contributed by atoms with Gasteiger partial charge in [0.15, 0.2) is 11.5 Å². The Labute approximate surface area is 153 Å². The fourth-order valence-electron chi connectivity index (χ4n) is 2.65. The van der Waals surface area contributed by atoms with E-state index < -0.39 is 16.7 Å². The number of pyridine rings is 1. The van der Waals surface area contributed by atoms with Crippen LogP contribution >= 0.6 is 10.8 Å². The molecule has 1 aromatic heterocycles. The fourth-order valence-corrected chi connectivity index (χ4v) is 4.08. The van der Waals surface area contributed by atoms with Crippen molar-refractivity contribution < 1.29 is 18.6 Å². The van der Waals surface area contributed by atoms with E-state index in [0.29, 0.717) is 22.0 Å². The molecule has 0 atom stereocenters. The molecule has 1 aliphatic rings. The smallest absolute Gasteiger partial charge is 0.278 e. The Balaban J connectivity index is 2.13. The number of fused-ring (bicyclic) bond motifs is 1. The predicted octanol–water partition coefficient (Wildman–Crippen LogP) is 3.78. The van der Waals surface area contributed by atoms with Crippen molar-refractivity contribution in [2.75, 3.05) is 12.4 Å². The van der Waals surface area contributed by atoms with E-state index in [0.717, 1.165) is 0 Å². The Hall–Kier alpha value is -2.55. The SMILES string of the molecule is CC(C)OC1=C(C(=O)Nc2ccccn2)N(C)S(O)(O)c2ccccc21. The number of nitrogens with zero attached hydrogens (tertiary/aromatic N) is 2. The lowest BCUT2D eigenvalue weighted by atomic mass is 10.1. The van der Waals surface area contributed by atoms with Gasteiger partial charge in [-0.3, -0.25) is 18.2 Å². The van der Waals surface area contributed by atoms with Gasteiger partial charge in [0.25, 0.3) is 5.91 Å². The number of amides is 1. The van der Waals surface area contributed by atoms with Crippen molar-refractivity contribution in [3.63, 3.8) is 0 Å². The molecule has 1 aromatic carbocycles. The molecule has 0 fully saturated rings. The summed E-state index contributed by atoms with van der Waals surface area (Å²) >= 11 is 0. The first-order valence-electron chi connectivity index (χ1n) is 8.07. The van der Waals surface area contributed by atoms with Gasteiger partial charge in [-0.2, -0.15) is 0 Å². The Bertz CT molecular complexity index is 853. The van der Waals surface area contributed by atoms with Crippen LogP contribution in [0.2, 0.25) is 0 Å². The minimum Gasteiger partial charge on any atom is -0.488 e. The Morgan fingerprint density at radius 1 is 1.19 bits per heavy atom. The molecular weight excluding hydrogens is 354 g/mol. The molecule has 0 saturated carbocycles. The topological polar surface area (TPSA) is 94.9 Å². The quantitative estimate of drug-likeness (QED) is 0.753. The molecule has 1 aliphatic heterocycles. The highest BCUT2D eigenvalue weighted by Crippen LogP contribution is 2.59. The number of ether oxygens (including phenoxy) is 1. The molecular formula is C18H21N3O4S. The van der Waals surface area contributed by atoms with Gasteiger partial charge in [-0.1, -0.05) is 29.0 Å². The molecule has 0 radical (unpaired) electrons. The molecule has 2 heterocycles. The summed E-state index contributed by atoms with van der Waals surface area (Å²) in [7, 11) is -1.90. The van der Waals surface area contributed by atoms with Crippen LogP contribution in [0.15, 0.2) is 59.3 Å². The zero-order chi connectivity index (χ0) is 18.9. The van der Waals surface area contributed by atoms with Gasteiger partial charge in [0.1, 0.15) is 5.82 Å². The summed E-state index contributed by atoms with van der Waals surface area (Å²) in [5, 5.41) is 2.68. The zero-order valence-corrected chi connectivity index (χ0v) is 15.5. The number of benzene rings is 1. The van der Waals surface area contributed by atoms with Crippen molar-refractivity contribution in [2.45, 2.75) is 24.8 Å². The molecule has 1 amide bonds. The fraction of sp³-hybridized carbons (Fsp3) is 0.222. The van der Waals surface area contributed by atoms with E-state index in [4.69, 9.17) is 4.74 Å². The highest BCUT2D eigenvalue weighted by atomic mass is 32.3. The van der Waals surface area contributed by atoms with Gasteiger partial charge in [0, 0.05) is 18.8 Å². The third kappa shape index (κ3) is 3.26. The second-order valence-corrected chi connectivity index (χ2v) is 8.05. The normalized spacial score (nSPS) is 16.9. The number of hydrogen-bond acceptors (Lipinski definition) is 6. The molecule has 0 unspecified atom stereocenters. The van der Waals surface area contributed by atoms with E-state index in [1.807, 2.05) is 13.8 Å². The number of aromatic nitrogens is 1. The number of hydrogen-bond donors (Lipinski definition) is 3. The Morgan fingerprint density at radius 2 is 1.88 bits per heavy atom. The second kappa shape index (κ2) is 6.99. The molecule has 3 rings (SSSR count). The molecule has 138 valence electrons. The highest BCUT2D eigenvalue weighted by Gasteiger charge is 2.39. The lowest BCUT2D eigenvalue weighted by Gasteiger charge is -2.46. The molecule has 2 aromatic rings. The summed E-state index contributed by atoms with van der Waals surface area (Å²) in [4.78, 5) is 17.3. The van der Waals surface area contributed by atoms with Crippen molar-refractivity contribution in [3.8, 4) is 0 Å². The monoisotopic (exact) mass is 375 g/mol. The second-order valence-electron chi connectivity index (χ2n) is 6.03. The van der Waals surface area contributed by atoms with Crippen LogP contribution in [0.5, 0.6) is 0 Å². The van der Waals surface area contributed by atoms with E-state index in [-0.39, 0.29) is 11.8 Å². The van der Waals surface area contributed by atoms with Crippen LogP contribution in [-0.2, 0) is 9.53 Å². The summed E-state index contributed by atoms with van der Waals surface area (Å²) in [6.07, 6.45) is 1.35. The van der Waals surface area contributed by atoms with Crippen LogP contribution < -0.4 is 5.32 Å². The summed E-state index contributed by atoms with van der Waals surface area (Å²) in [6, 6.07) is 11.9. The van der Waals surface area contributed by atoms with Crippen molar-refractivity contribution in [3.05, 3.63) is 59.9 Å². The molecule has 0 saturated heterocycles. The van der Waals surface area contributed by atoms with Gasteiger partial charge in [0.05, 0.1) is 11.0 Å². The molecule has 26 heavy (non-hydrogen) atoms. The van der Waals surface area contributed by atoms with Crippen LogP contribution in [0.3, 0.4) is 0 Å². The maximum atomic E-state index is 12.9. The summed E-state index contributed by atoms with van der Waals surface area (Å²) in [6.45, 7) is 3.69. The molecule has 7 nitrogen and oxygen atoms in total. The average molecular weight is 375 g/mol. The lowest BCUT2D eigenvalue weighted by Crippen LogP contribution is -2.35. The molecule has 8 heteroatoms. The minimum absolute atomic E-state index is 0.0445. The Kier molecular flexibility index (Phi) is 4.90. The van der Waals surface area contributed by atoms with Crippen LogP contribution in [0.1, 0.15) is 19.4 Å². The van der Waals surface area contributed by atoms with E-state index in [2.05, 4.69) is 10.3 Å². The maximum absolute atomic E-state index is 12.9. The number of rotatable bonds is 4. The van der Waals surface area contributed by atoms with Crippen molar-refractivity contribution in [1.82, 2.24) is 9.29 Å². The van der Waals surface area contributed by atoms with Gasteiger partial charge >= 0.3 is 0 Å². The first-order valence-corrected chi connectivity index (χ1v) is 9.57. The van der Waals surface area contributed by atoms with Crippen LogP contribution in [0.4, 0.5) is 5.82 Å². The third-order valence-electron chi connectivity index (χ3n) is 3.81. The number of anilines is 1. The Morgan fingerprint density at radius 3 is 2.54 bits per heavy atom. The number of nitrogens with one attached hydrogen (secondary N) is 1. The molecule has 0 bridgehead atoms. The highest BCUT2D eigenvalue weighted by molar-refractivity contribution is 8.22. The molecule has 0 spiro atoms. The van der Waals surface area contributed by atoms with Gasteiger partial charge in [-0.15, -0.1) is 0 Å². The summed E-state index contributed by atoms with van der Waals surface area (Å²) < 4.78 is 28.5. The van der Waals surface area contributed by atoms with Crippen molar-refractivity contribution in [1.29, 1.82) is 0 Å². The first-order chi connectivity index (χ1) is 12.3. The number of carbonyl (C=O) groups is 1. The van der Waals surface area contributed by atoms with E-state index in [1.165, 1.54) is 11.4 Å². The van der Waals surface area contributed by atoms with Gasteiger partial charge in [0.2, 0.25) is 0 Å². The maximum Gasteiger partial charge on any atom is 0.278 e. The summed E-state index contributed by atoms with van der Waals surface area (Å²) in [5.41, 5.74) is 0.536. The first kappa shape index (κ1) is 18.2. The van der Waals surface area contributed by atoms with Crippen LogP contribution in [0.25, 0.3) is 5.76 Å². The van der Waals surface area contributed by atoms with Crippen molar-refractivity contribution in [2.24, 2.45) is 0 Å². The van der Waals surface area contributed by atoms with Crippen LogP contribution in [-0.4, -0.2) is 37.5 Å². The van der Waals surface area contributed by atoms with Gasteiger partial charge in [-0.05, 0) is 38.1 Å². The average Bonchev–Trinajstić information content (AvgIpc) is 2.60. The lowest BCUT2D eigenvalue weighted by molar-refractivity contribution is -0.113. The number of carbonyl (C=O) groups excluding carboxylic acids is 1. The number of likely N-dealkylation sites (N-methyl/N-ethyl adjacent to an activating group) is 1. The van der Waals surface area contributed by atoms with Crippen LogP contribution in [0, 0.1) is 0 Å². The van der Waals surface area contributed by atoms with Crippen molar-refractivity contribution >= 4 is 28.3 Å². The van der Waals surface area contributed by atoms with E-state index in [9.17, 15) is 13.9 Å². The minimum atomic E-state index is -3.36. The molecule has 0 aliphatic carbocycles. The van der Waals surface area contributed by atoms with Gasteiger partial charge < -0.3 is 10.1 Å². The third-order valence-corrected chi connectivity index (χ3v) is 5.71.